The molecule has 1 N–H and O–H groups in total. The minimum Gasteiger partial charge on any atom is -0.321 e. The summed E-state index contributed by atoms with van der Waals surface area (Å²) in [6.07, 6.45) is -1.43. The van der Waals surface area contributed by atoms with Gasteiger partial charge in [-0.05, 0) is 69.0 Å². The standard InChI is InChI=1S/C31H31F4N4OP/c1-18-7-5-8-22(28(18)32)17-38-20(3)27(19(2)30(4)13-6-14-39(30)38)29(40)37-25-11-10-23(31(33,34)35)15-24(25)21-9-12-26(41)36-16-21/h5,7-12,15-16H,3,6,13-14,17,41H2,1-2,4H3,(H,37,40). The molecule has 2 unspecified atom stereocenters. The van der Waals surface area contributed by atoms with Crippen LogP contribution in [0.2, 0.25) is 0 Å². The van der Waals surface area contributed by atoms with Crippen LogP contribution in [0.15, 0.2) is 78.1 Å². The molecule has 10 heteroatoms. The number of aryl methyl sites for hydroxylation is 1. The van der Waals surface area contributed by atoms with Gasteiger partial charge in [-0.25, -0.2) is 9.40 Å². The van der Waals surface area contributed by atoms with E-state index >= 15 is 4.39 Å². The average molecular weight is 583 g/mol. The lowest BCUT2D eigenvalue weighted by atomic mass is 9.84. The summed E-state index contributed by atoms with van der Waals surface area (Å²) in [6.45, 7) is 10.8. The first-order valence-corrected chi connectivity index (χ1v) is 13.8. The third kappa shape index (κ3) is 5.29. The summed E-state index contributed by atoms with van der Waals surface area (Å²) in [5.74, 6) is -0.801. The van der Waals surface area contributed by atoms with E-state index in [-0.39, 0.29) is 23.6 Å². The van der Waals surface area contributed by atoms with Crippen molar-refractivity contribution in [2.24, 2.45) is 0 Å². The third-order valence-corrected chi connectivity index (χ3v) is 8.53. The van der Waals surface area contributed by atoms with Gasteiger partial charge in [-0.3, -0.25) is 9.78 Å². The topological polar surface area (TPSA) is 48.5 Å². The molecule has 214 valence electrons. The molecule has 2 aliphatic rings. The van der Waals surface area contributed by atoms with Gasteiger partial charge in [-0.2, -0.15) is 13.2 Å². The van der Waals surface area contributed by atoms with E-state index in [9.17, 15) is 18.0 Å². The number of nitrogens with one attached hydrogen (secondary N) is 1. The number of benzene rings is 2. The highest BCUT2D eigenvalue weighted by Gasteiger charge is 2.48. The molecule has 2 atom stereocenters. The fourth-order valence-corrected chi connectivity index (χ4v) is 5.94. The summed E-state index contributed by atoms with van der Waals surface area (Å²) in [5.41, 5.74) is 2.68. The van der Waals surface area contributed by atoms with Crippen LogP contribution in [0.5, 0.6) is 0 Å². The Hall–Kier alpha value is -3.55. The van der Waals surface area contributed by atoms with Gasteiger partial charge in [-0.15, -0.1) is 0 Å². The summed E-state index contributed by atoms with van der Waals surface area (Å²) in [4.78, 5) is 18.2. The number of hydrazine groups is 1. The molecule has 3 heterocycles. The maximum absolute atomic E-state index is 15.0. The molecule has 41 heavy (non-hydrogen) atoms. The van der Waals surface area contributed by atoms with Gasteiger partial charge in [0.05, 0.1) is 34.4 Å². The minimum atomic E-state index is -4.56. The van der Waals surface area contributed by atoms with Crippen LogP contribution in [0, 0.1) is 12.7 Å². The first-order valence-electron chi connectivity index (χ1n) is 13.3. The van der Waals surface area contributed by atoms with E-state index in [2.05, 4.69) is 31.1 Å². The zero-order chi connectivity index (χ0) is 29.7. The maximum Gasteiger partial charge on any atom is 0.416 e. The monoisotopic (exact) mass is 582 g/mol. The number of nitrogens with zero attached hydrogens (tertiary/aromatic N) is 3. The molecular formula is C31H31F4N4OP. The molecule has 1 aromatic heterocycles. The van der Waals surface area contributed by atoms with Crippen molar-refractivity contribution in [3.8, 4) is 11.1 Å². The van der Waals surface area contributed by atoms with E-state index in [1.807, 2.05) is 18.9 Å². The fraction of sp³-hybridized carbons (Fsp3) is 0.290. The highest BCUT2D eigenvalue weighted by molar-refractivity contribution is 7.26. The second kappa shape index (κ2) is 10.7. The Labute approximate surface area is 239 Å². The van der Waals surface area contributed by atoms with Gasteiger partial charge in [0.15, 0.2) is 0 Å². The summed E-state index contributed by atoms with van der Waals surface area (Å²) >= 11 is 0. The number of hydrogen-bond donors (Lipinski definition) is 1. The Balaban J connectivity index is 1.54. The number of hydrogen-bond acceptors (Lipinski definition) is 4. The average Bonchev–Trinajstić information content (AvgIpc) is 3.32. The molecule has 3 aromatic rings. The van der Waals surface area contributed by atoms with Gasteiger partial charge in [0.1, 0.15) is 5.82 Å². The van der Waals surface area contributed by atoms with Crippen molar-refractivity contribution in [1.82, 2.24) is 15.0 Å². The van der Waals surface area contributed by atoms with Crippen LogP contribution in [0.1, 0.15) is 43.4 Å². The summed E-state index contributed by atoms with van der Waals surface area (Å²) < 4.78 is 55.9. The summed E-state index contributed by atoms with van der Waals surface area (Å²) in [7, 11) is 2.43. The predicted octanol–water partition coefficient (Wildman–Crippen LogP) is 6.77. The van der Waals surface area contributed by atoms with E-state index in [0.29, 0.717) is 33.4 Å². The molecule has 1 fully saturated rings. The van der Waals surface area contributed by atoms with Gasteiger partial charge in [0.2, 0.25) is 0 Å². The summed E-state index contributed by atoms with van der Waals surface area (Å²) in [6, 6.07) is 11.8. The first kappa shape index (κ1) is 29.0. The van der Waals surface area contributed by atoms with Crippen LogP contribution in [0.25, 0.3) is 11.1 Å². The maximum atomic E-state index is 15.0. The second-order valence-electron chi connectivity index (χ2n) is 10.7. The second-order valence-corrected chi connectivity index (χ2v) is 11.3. The van der Waals surface area contributed by atoms with Crippen molar-refractivity contribution >= 4 is 26.3 Å². The van der Waals surface area contributed by atoms with E-state index < -0.39 is 23.2 Å². The molecule has 0 bridgehead atoms. The molecule has 2 aromatic carbocycles. The number of amides is 1. The highest BCUT2D eigenvalue weighted by Crippen LogP contribution is 2.46. The van der Waals surface area contributed by atoms with Crippen molar-refractivity contribution in [2.45, 2.75) is 51.9 Å². The number of carbonyl (C=O) groups is 1. The van der Waals surface area contributed by atoms with Crippen molar-refractivity contribution in [1.29, 1.82) is 0 Å². The van der Waals surface area contributed by atoms with Crippen molar-refractivity contribution in [3.05, 3.63) is 101 Å². The van der Waals surface area contributed by atoms with E-state index in [1.165, 1.54) is 12.3 Å². The fourth-order valence-electron chi connectivity index (χ4n) is 5.77. The zero-order valence-electron chi connectivity index (χ0n) is 23.1. The van der Waals surface area contributed by atoms with Crippen LogP contribution in [0.4, 0.5) is 23.2 Å². The predicted molar refractivity (Wildman–Crippen MR) is 156 cm³/mol. The number of halogens is 4. The normalized spacial score (nSPS) is 19.5. The Morgan fingerprint density at radius 3 is 2.61 bits per heavy atom. The lowest BCUT2D eigenvalue weighted by Gasteiger charge is -2.50. The van der Waals surface area contributed by atoms with Gasteiger partial charge in [0, 0.05) is 35.1 Å². The van der Waals surface area contributed by atoms with Crippen LogP contribution in [-0.2, 0) is 17.5 Å². The number of rotatable bonds is 5. The number of fused-ring (bicyclic) bond motifs is 1. The van der Waals surface area contributed by atoms with Crippen molar-refractivity contribution in [2.75, 3.05) is 11.9 Å². The molecule has 0 radical (unpaired) electrons. The van der Waals surface area contributed by atoms with Gasteiger partial charge in [-0.1, -0.05) is 40.1 Å². The number of carbonyl (C=O) groups excluding carboxylic acids is 1. The number of alkyl halides is 3. The van der Waals surface area contributed by atoms with Gasteiger partial charge < -0.3 is 10.3 Å². The lowest BCUT2D eigenvalue weighted by molar-refractivity contribution is -0.137. The number of anilines is 1. The van der Waals surface area contributed by atoms with Crippen LogP contribution in [-0.4, -0.2) is 33.0 Å². The lowest BCUT2D eigenvalue weighted by Crippen LogP contribution is -2.56. The molecule has 2 aliphatic heterocycles. The Kier molecular flexibility index (Phi) is 7.55. The number of aromatic nitrogens is 1. The molecule has 5 rings (SSSR count). The molecule has 5 nitrogen and oxygen atoms in total. The third-order valence-electron chi connectivity index (χ3n) is 8.19. The molecule has 0 saturated carbocycles. The molecular weight excluding hydrogens is 551 g/mol. The molecule has 0 aliphatic carbocycles. The Bertz CT molecular complexity index is 1570. The molecule has 1 amide bonds. The summed E-state index contributed by atoms with van der Waals surface area (Å²) in [5, 5.41) is 6.86. The number of pyridine rings is 1. The largest absolute Gasteiger partial charge is 0.416 e. The van der Waals surface area contributed by atoms with Crippen molar-refractivity contribution < 1.29 is 22.4 Å². The van der Waals surface area contributed by atoms with E-state index in [0.717, 1.165) is 37.1 Å². The van der Waals surface area contributed by atoms with E-state index in [1.54, 1.807) is 37.3 Å². The van der Waals surface area contributed by atoms with Crippen LogP contribution < -0.4 is 10.8 Å². The SMILES string of the molecule is C=C1C(C(=O)Nc2ccc(C(F)(F)F)cc2-c2ccc(P)nc2)=C(C)C2(C)CCCN2N1Cc1cccc(C)c1F. The van der Waals surface area contributed by atoms with Gasteiger partial charge in [0.25, 0.3) is 5.91 Å². The first-order chi connectivity index (χ1) is 19.3. The minimum absolute atomic E-state index is 0.185. The quantitative estimate of drug-likeness (QED) is 0.267. The molecule has 0 spiro atoms. The zero-order valence-corrected chi connectivity index (χ0v) is 24.2. The Morgan fingerprint density at radius 1 is 1.17 bits per heavy atom. The van der Waals surface area contributed by atoms with E-state index in [4.69, 9.17) is 0 Å². The Morgan fingerprint density at radius 2 is 1.93 bits per heavy atom. The highest BCUT2D eigenvalue weighted by atomic mass is 31.0. The van der Waals surface area contributed by atoms with Crippen molar-refractivity contribution in [3.63, 3.8) is 0 Å². The van der Waals surface area contributed by atoms with Crippen LogP contribution >= 0.6 is 9.24 Å². The van der Waals surface area contributed by atoms with Crippen LogP contribution in [0.3, 0.4) is 0 Å². The molecule has 1 saturated heterocycles. The smallest absolute Gasteiger partial charge is 0.321 e. The van der Waals surface area contributed by atoms with Gasteiger partial charge >= 0.3 is 6.18 Å².